The summed E-state index contributed by atoms with van der Waals surface area (Å²) in [5.41, 5.74) is 5.51. The van der Waals surface area contributed by atoms with Crippen LogP contribution in [-0.2, 0) is 4.79 Å². The Morgan fingerprint density at radius 1 is 1.05 bits per heavy atom. The summed E-state index contributed by atoms with van der Waals surface area (Å²) >= 11 is 0. The van der Waals surface area contributed by atoms with E-state index in [-0.39, 0.29) is 5.91 Å². The second kappa shape index (κ2) is 9.28. The molecule has 0 aromatic rings. The average molecular weight is 270 g/mol. The molecule has 0 aromatic carbocycles. The van der Waals surface area contributed by atoms with Crippen molar-refractivity contribution in [3.8, 4) is 0 Å². The summed E-state index contributed by atoms with van der Waals surface area (Å²) in [6.07, 6.45) is 4.78. The van der Waals surface area contributed by atoms with E-state index in [0.717, 1.165) is 45.6 Å². The van der Waals surface area contributed by atoms with Crippen LogP contribution >= 0.6 is 0 Å². The maximum atomic E-state index is 11.7. The van der Waals surface area contributed by atoms with Gasteiger partial charge in [-0.1, -0.05) is 6.42 Å². The number of carbonyl (C=O) groups excluding carboxylic acids is 1. The Hall–Kier alpha value is -0.650. The molecule has 0 unspecified atom stereocenters. The predicted octanol–water partition coefficient (Wildman–Crippen LogP) is 0.211. The predicted molar refractivity (Wildman–Crippen MR) is 79.1 cm³/mol. The van der Waals surface area contributed by atoms with Crippen molar-refractivity contribution in [1.29, 1.82) is 0 Å². The van der Waals surface area contributed by atoms with Gasteiger partial charge in [0.25, 0.3) is 0 Å². The van der Waals surface area contributed by atoms with Crippen molar-refractivity contribution in [1.82, 2.24) is 14.7 Å². The van der Waals surface area contributed by atoms with Gasteiger partial charge in [0, 0.05) is 27.2 Å². The van der Waals surface area contributed by atoms with E-state index in [4.69, 9.17) is 5.73 Å². The van der Waals surface area contributed by atoms with Crippen LogP contribution in [0.3, 0.4) is 0 Å². The summed E-state index contributed by atoms with van der Waals surface area (Å²) in [5.74, 6) is 0.205. The molecule has 1 amide bonds. The van der Waals surface area contributed by atoms with Crippen LogP contribution in [0, 0.1) is 0 Å². The van der Waals surface area contributed by atoms with E-state index in [9.17, 15) is 4.79 Å². The molecule has 0 spiro atoms. The Labute approximate surface area is 117 Å². The minimum absolute atomic E-state index is 0.205. The van der Waals surface area contributed by atoms with Crippen molar-refractivity contribution in [3.63, 3.8) is 0 Å². The molecule has 19 heavy (non-hydrogen) atoms. The minimum atomic E-state index is 0.205. The molecule has 2 N–H and O–H groups in total. The number of unbranched alkanes of at least 4 members (excludes halogenated alkanes) is 2. The molecule has 0 saturated carbocycles. The fraction of sp³-hybridized carbons (Fsp3) is 0.929. The summed E-state index contributed by atoms with van der Waals surface area (Å²) in [4.78, 5) is 18.2. The Morgan fingerprint density at radius 3 is 2.42 bits per heavy atom. The summed E-state index contributed by atoms with van der Waals surface area (Å²) in [7, 11) is 3.65. The molecular weight excluding hydrogens is 240 g/mol. The van der Waals surface area contributed by atoms with Gasteiger partial charge in [-0.15, -0.1) is 0 Å². The fourth-order valence-corrected chi connectivity index (χ4v) is 2.40. The van der Waals surface area contributed by atoms with Crippen LogP contribution in [0.2, 0.25) is 0 Å². The largest absolute Gasteiger partial charge is 0.348 e. The summed E-state index contributed by atoms with van der Waals surface area (Å²) in [6.45, 7) is 6.85. The zero-order chi connectivity index (χ0) is 14.1. The quantitative estimate of drug-likeness (QED) is 0.672. The molecule has 0 aliphatic carbocycles. The van der Waals surface area contributed by atoms with Crippen LogP contribution in [0.25, 0.3) is 0 Å². The lowest BCUT2D eigenvalue weighted by atomic mass is 10.2. The third-order valence-corrected chi connectivity index (χ3v) is 3.72. The molecule has 112 valence electrons. The topological polar surface area (TPSA) is 52.8 Å². The number of hydrogen-bond acceptors (Lipinski definition) is 4. The molecule has 1 aliphatic heterocycles. The van der Waals surface area contributed by atoms with Crippen LogP contribution in [0.15, 0.2) is 0 Å². The van der Waals surface area contributed by atoms with Crippen LogP contribution in [-0.4, -0.2) is 80.5 Å². The van der Waals surface area contributed by atoms with Crippen LogP contribution < -0.4 is 5.73 Å². The van der Waals surface area contributed by atoms with Gasteiger partial charge < -0.3 is 15.5 Å². The van der Waals surface area contributed by atoms with Crippen LogP contribution in [0.5, 0.6) is 0 Å². The number of carbonyl (C=O) groups is 1. The molecule has 0 atom stereocenters. The van der Waals surface area contributed by atoms with E-state index in [0.29, 0.717) is 6.54 Å². The molecule has 1 aliphatic rings. The number of hydrogen-bond donors (Lipinski definition) is 1. The van der Waals surface area contributed by atoms with Gasteiger partial charge >= 0.3 is 0 Å². The van der Waals surface area contributed by atoms with Gasteiger partial charge in [0.05, 0.1) is 6.54 Å². The number of likely N-dealkylation sites (N-methyl/N-ethyl adjacent to an activating group) is 1. The van der Waals surface area contributed by atoms with Gasteiger partial charge in [-0.25, -0.2) is 0 Å². The monoisotopic (exact) mass is 270 g/mol. The lowest BCUT2D eigenvalue weighted by Crippen LogP contribution is -2.38. The minimum Gasteiger partial charge on any atom is -0.348 e. The zero-order valence-corrected chi connectivity index (χ0v) is 12.6. The molecule has 0 aromatic heterocycles. The van der Waals surface area contributed by atoms with Gasteiger partial charge in [0.15, 0.2) is 0 Å². The van der Waals surface area contributed by atoms with Gasteiger partial charge in [-0.3, -0.25) is 9.69 Å². The summed E-state index contributed by atoms with van der Waals surface area (Å²) < 4.78 is 0. The first-order valence-corrected chi connectivity index (χ1v) is 7.48. The Kier molecular flexibility index (Phi) is 8.02. The number of nitrogens with two attached hydrogens (primary N) is 1. The number of amides is 1. The van der Waals surface area contributed by atoms with E-state index < -0.39 is 0 Å². The third kappa shape index (κ3) is 6.89. The standard InChI is InChI=1S/C14H30N4O/c1-16(2)14(19)13-18-10-6-9-17(11-12-18)8-5-3-4-7-15/h3-13,15H2,1-2H3. The molecule has 1 rings (SSSR count). The van der Waals surface area contributed by atoms with E-state index >= 15 is 0 Å². The lowest BCUT2D eigenvalue weighted by Gasteiger charge is -2.22. The molecule has 0 bridgehead atoms. The maximum absolute atomic E-state index is 11.7. The Balaban J connectivity index is 2.21. The van der Waals surface area contributed by atoms with Gasteiger partial charge in [-0.2, -0.15) is 0 Å². The fourth-order valence-electron chi connectivity index (χ4n) is 2.40. The van der Waals surface area contributed by atoms with Gasteiger partial charge in [0.2, 0.25) is 5.91 Å². The van der Waals surface area contributed by atoms with Crippen molar-refractivity contribution in [2.24, 2.45) is 5.73 Å². The molecule has 5 heteroatoms. The normalized spacial score (nSPS) is 18.3. The summed E-state index contributed by atoms with van der Waals surface area (Å²) in [5, 5.41) is 0. The van der Waals surface area contributed by atoms with Gasteiger partial charge in [-0.05, 0) is 45.4 Å². The van der Waals surface area contributed by atoms with Gasteiger partial charge in [0.1, 0.15) is 0 Å². The van der Waals surface area contributed by atoms with Crippen molar-refractivity contribution < 1.29 is 4.79 Å². The third-order valence-electron chi connectivity index (χ3n) is 3.72. The average Bonchev–Trinajstić information content (AvgIpc) is 2.60. The van der Waals surface area contributed by atoms with Crippen molar-refractivity contribution in [2.75, 3.05) is 59.9 Å². The Bertz CT molecular complexity index is 258. The summed E-state index contributed by atoms with van der Waals surface area (Å²) in [6, 6.07) is 0. The lowest BCUT2D eigenvalue weighted by molar-refractivity contribution is -0.129. The molecule has 1 fully saturated rings. The van der Waals surface area contributed by atoms with E-state index in [1.165, 1.54) is 19.4 Å². The Morgan fingerprint density at radius 2 is 1.74 bits per heavy atom. The van der Waals surface area contributed by atoms with Crippen molar-refractivity contribution >= 4 is 5.91 Å². The molecule has 5 nitrogen and oxygen atoms in total. The number of rotatable bonds is 7. The number of nitrogens with zero attached hydrogens (tertiary/aromatic N) is 3. The van der Waals surface area contributed by atoms with Crippen LogP contribution in [0.1, 0.15) is 25.7 Å². The molecule has 1 heterocycles. The highest BCUT2D eigenvalue weighted by Crippen LogP contribution is 2.05. The van der Waals surface area contributed by atoms with E-state index in [1.54, 1.807) is 4.90 Å². The van der Waals surface area contributed by atoms with E-state index in [2.05, 4.69) is 9.80 Å². The molecular formula is C14H30N4O. The molecule has 0 radical (unpaired) electrons. The molecule has 1 saturated heterocycles. The highest BCUT2D eigenvalue weighted by molar-refractivity contribution is 5.77. The first-order valence-electron chi connectivity index (χ1n) is 7.48. The first-order chi connectivity index (χ1) is 9.13. The van der Waals surface area contributed by atoms with E-state index in [1.807, 2.05) is 14.1 Å². The second-order valence-electron chi connectivity index (χ2n) is 5.61. The smallest absolute Gasteiger partial charge is 0.236 e. The van der Waals surface area contributed by atoms with Crippen molar-refractivity contribution in [2.45, 2.75) is 25.7 Å². The van der Waals surface area contributed by atoms with Crippen molar-refractivity contribution in [3.05, 3.63) is 0 Å². The highest BCUT2D eigenvalue weighted by Gasteiger charge is 2.17. The van der Waals surface area contributed by atoms with Crippen LogP contribution in [0.4, 0.5) is 0 Å². The highest BCUT2D eigenvalue weighted by atomic mass is 16.2. The maximum Gasteiger partial charge on any atom is 0.236 e. The second-order valence-corrected chi connectivity index (χ2v) is 5.61. The SMILES string of the molecule is CN(C)C(=O)CN1CCCN(CCCCCN)CC1. The first kappa shape index (κ1) is 16.4. The zero-order valence-electron chi connectivity index (χ0n) is 12.6.